The summed E-state index contributed by atoms with van der Waals surface area (Å²) in [6, 6.07) is 3.23. The predicted molar refractivity (Wildman–Crippen MR) is 70.8 cm³/mol. The van der Waals surface area contributed by atoms with E-state index in [-0.39, 0.29) is 6.04 Å². The quantitative estimate of drug-likeness (QED) is 0.876. The molecule has 0 bridgehead atoms. The zero-order valence-electron chi connectivity index (χ0n) is 11.1. The van der Waals surface area contributed by atoms with Gasteiger partial charge in [0.1, 0.15) is 11.6 Å². The van der Waals surface area contributed by atoms with E-state index in [1.165, 1.54) is 0 Å². The average Bonchev–Trinajstić information content (AvgIpc) is 2.69. The molecule has 0 saturated heterocycles. The van der Waals surface area contributed by atoms with Crippen LogP contribution in [0.15, 0.2) is 22.9 Å². The van der Waals surface area contributed by atoms with Crippen molar-refractivity contribution < 1.29 is 9.32 Å². The second-order valence-electron chi connectivity index (χ2n) is 4.37. The highest BCUT2D eigenvalue weighted by molar-refractivity contribution is 5.97. The highest BCUT2D eigenvalue weighted by Gasteiger charge is 2.18. The first-order valence-electron chi connectivity index (χ1n) is 5.94. The number of amides is 1. The van der Waals surface area contributed by atoms with Crippen LogP contribution in [0.25, 0.3) is 0 Å². The van der Waals surface area contributed by atoms with E-state index in [2.05, 4.69) is 15.5 Å². The fourth-order valence-electron chi connectivity index (χ4n) is 2.10. The maximum atomic E-state index is 11.3. The molecule has 1 unspecified atom stereocenters. The topological polar surface area (TPSA) is 94.0 Å². The van der Waals surface area contributed by atoms with Gasteiger partial charge in [-0.25, -0.2) is 4.98 Å². The molecule has 6 nitrogen and oxygen atoms in total. The second-order valence-corrected chi connectivity index (χ2v) is 4.37. The van der Waals surface area contributed by atoms with E-state index in [1.54, 1.807) is 18.3 Å². The Morgan fingerprint density at radius 2 is 2.21 bits per heavy atom. The van der Waals surface area contributed by atoms with Gasteiger partial charge in [0, 0.05) is 11.8 Å². The van der Waals surface area contributed by atoms with Crippen molar-refractivity contribution >= 4 is 11.7 Å². The van der Waals surface area contributed by atoms with Crippen molar-refractivity contribution in [2.45, 2.75) is 26.8 Å². The largest absolute Gasteiger partial charge is 0.365 e. The fourth-order valence-corrected chi connectivity index (χ4v) is 2.10. The smallest absolute Gasteiger partial charge is 0.252 e. The number of primary amides is 1. The lowest BCUT2D eigenvalue weighted by molar-refractivity contribution is 0.100. The van der Waals surface area contributed by atoms with Crippen LogP contribution in [0.5, 0.6) is 0 Å². The molecule has 0 aliphatic carbocycles. The molecule has 0 radical (unpaired) electrons. The standard InChI is InChI=1S/C13H16N4O2/c1-7(11-8(2)17-19-9(11)3)16-13-10(12(14)18)5-4-6-15-13/h4-7H,1-3H3,(H2,14,18)(H,15,16). The Bertz CT molecular complexity index is 587. The van der Waals surface area contributed by atoms with Gasteiger partial charge in [0.15, 0.2) is 0 Å². The van der Waals surface area contributed by atoms with Gasteiger partial charge in [-0.15, -0.1) is 0 Å². The SMILES string of the molecule is Cc1noc(C)c1C(C)Nc1ncccc1C(N)=O. The number of carbonyl (C=O) groups is 1. The van der Waals surface area contributed by atoms with Gasteiger partial charge in [-0.2, -0.15) is 0 Å². The number of rotatable bonds is 4. The molecular formula is C13H16N4O2. The highest BCUT2D eigenvalue weighted by atomic mass is 16.5. The summed E-state index contributed by atoms with van der Waals surface area (Å²) in [4.78, 5) is 15.5. The molecule has 19 heavy (non-hydrogen) atoms. The normalized spacial score (nSPS) is 12.2. The first kappa shape index (κ1) is 13.1. The van der Waals surface area contributed by atoms with E-state index in [0.717, 1.165) is 17.0 Å². The van der Waals surface area contributed by atoms with Crippen molar-refractivity contribution in [1.29, 1.82) is 0 Å². The summed E-state index contributed by atoms with van der Waals surface area (Å²) >= 11 is 0. The maximum Gasteiger partial charge on any atom is 0.252 e. The van der Waals surface area contributed by atoms with Crippen molar-refractivity contribution in [2.24, 2.45) is 5.73 Å². The zero-order valence-corrected chi connectivity index (χ0v) is 11.1. The molecule has 0 aromatic carbocycles. The number of nitrogens with zero attached hydrogens (tertiary/aromatic N) is 2. The van der Waals surface area contributed by atoms with Crippen LogP contribution in [0.1, 0.15) is 40.3 Å². The Labute approximate surface area is 111 Å². The Morgan fingerprint density at radius 3 is 2.79 bits per heavy atom. The van der Waals surface area contributed by atoms with Gasteiger partial charge in [0.25, 0.3) is 5.91 Å². The van der Waals surface area contributed by atoms with Crippen LogP contribution >= 0.6 is 0 Å². The molecule has 2 aromatic rings. The second kappa shape index (κ2) is 5.09. The van der Waals surface area contributed by atoms with Gasteiger partial charge >= 0.3 is 0 Å². The number of aryl methyl sites for hydroxylation is 2. The van der Waals surface area contributed by atoms with E-state index in [1.807, 2.05) is 20.8 Å². The van der Waals surface area contributed by atoms with E-state index in [9.17, 15) is 4.79 Å². The summed E-state index contributed by atoms with van der Waals surface area (Å²) in [5.41, 5.74) is 7.45. The van der Waals surface area contributed by atoms with E-state index in [0.29, 0.717) is 11.4 Å². The minimum Gasteiger partial charge on any atom is -0.365 e. The molecule has 0 aliphatic rings. The van der Waals surface area contributed by atoms with Gasteiger partial charge in [0.2, 0.25) is 0 Å². The Kier molecular flexibility index (Phi) is 3.50. The van der Waals surface area contributed by atoms with Gasteiger partial charge < -0.3 is 15.6 Å². The van der Waals surface area contributed by atoms with Crippen molar-refractivity contribution in [3.63, 3.8) is 0 Å². The minimum absolute atomic E-state index is 0.0840. The third-order valence-electron chi connectivity index (χ3n) is 2.95. The molecule has 1 atom stereocenters. The minimum atomic E-state index is -0.512. The van der Waals surface area contributed by atoms with Gasteiger partial charge in [-0.05, 0) is 32.9 Å². The monoisotopic (exact) mass is 260 g/mol. The molecule has 0 fully saturated rings. The summed E-state index contributed by atoms with van der Waals surface area (Å²) in [5.74, 6) is 0.693. The van der Waals surface area contributed by atoms with E-state index in [4.69, 9.17) is 10.3 Å². The lowest BCUT2D eigenvalue weighted by Crippen LogP contribution is -2.17. The van der Waals surface area contributed by atoms with E-state index < -0.39 is 5.91 Å². The Balaban J connectivity index is 2.29. The van der Waals surface area contributed by atoms with Crippen LogP contribution in [0.3, 0.4) is 0 Å². The summed E-state index contributed by atoms with van der Waals surface area (Å²) in [7, 11) is 0. The molecule has 2 heterocycles. The number of carbonyl (C=O) groups excluding carboxylic acids is 1. The zero-order chi connectivity index (χ0) is 14.0. The summed E-state index contributed by atoms with van der Waals surface area (Å²) in [5, 5.41) is 7.07. The van der Waals surface area contributed by atoms with Crippen LogP contribution in [-0.4, -0.2) is 16.0 Å². The first-order chi connectivity index (χ1) is 9.00. The van der Waals surface area contributed by atoms with Crippen LogP contribution < -0.4 is 11.1 Å². The number of nitrogens with one attached hydrogen (secondary N) is 1. The van der Waals surface area contributed by atoms with Crippen molar-refractivity contribution in [3.05, 3.63) is 40.9 Å². The average molecular weight is 260 g/mol. The van der Waals surface area contributed by atoms with Crippen molar-refractivity contribution in [2.75, 3.05) is 5.32 Å². The molecule has 0 spiro atoms. The van der Waals surface area contributed by atoms with Gasteiger partial charge in [-0.3, -0.25) is 4.79 Å². The van der Waals surface area contributed by atoms with Gasteiger partial charge in [-0.1, -0.05) is 5.16 Å². The number of hydrogen-bond donors (Lipinski definition) is 2. The number of hydrogen-bond acceptors (Lipinski definition) is 5. The van der Waals surface area contributed by atoms with Crippen LogP contribution in [0.2, 0.25) is 0 Å². The first-order valence-corrected chi connectivity index (χ1v) is 5.94. The Morgan fingerprint density at radius 1 is 1.47 bits per heavy atom. The maximum absolute atomic E-state index is 11.3. The summed E-state index contributed by atoms with van der Waals surface area (Å²) in [6.07, 6.45) is 1.61. The molecule has 1 amide bonds. The number of aromatic nitrogens is 2. The number of anilines is 1. The molecule has 2 rings (SSSR count). The number of pyridine rings is 1. The lowest BCUT2D eigenvalue weighted by Gasteiger charge is -2.15. The predicted octanol–water partition coefficient (Wildman–Crippen LogP) is 1.96. The molecule has 6 heteroatoms. The molecule has 3 N–H and O–H groups in total. The van der Waals surface area contributed by atoms with Gasteiger partial charge in [0.05, 0.1) is 17.3 Å². The Hall–Kier alpha value is -2.37. The molecule has 0 saturated carbocycles. The van der Waals surface area contributed by atoms with E-state index >= 15 is 0 Å². The molecule has 100 valence electrons. The third kappa shape index (κ3) is 2.57. The third-order valence-corrected chi connectivity index (χ3v) is 2.95. The van der Waals surface area contributed by atoms with Crippen molar-refractivity contribution in [1.82, 2.24) is 10.1 Å². The summed E-state index contributed by atoms with van der Waals surface area (Å²) < 4.78 is 5.13. The van der Waals surface area contributed by atoms with Crippen LogP contribution in [0, 0.1) is 13.8 Å². The highest BCUT2D eigenvalue weighted by Crippen LogP contribution is 2.25. The molecule has 0 aliphatic heterocycles. The summed E-state index contributed by atoms with van der Waals surface area (Å²) in [6.45, 7) is 5.67. The fraction of sp³-hybridized carbons (Fsp3) is 0.308. The molecular weight excluding hydrogens is 244 g/mol. The molecule has 2 aromatic heterocycles. The van der Waals surface area contributed by atoms with Crippen LogP contribution in [-0.2, 0) is 0 Å². The lowest BCUT2D eigenvalue weighted by atomic mass is 10.1. The number of nitrogens with two attached hydrogens (primary N) is 1. The van der Waals surface area contributed by atoms with Crippen molar-refractivity contribution in [3.8, 4) is 0 Å². The van der Waals surface area contributed by atoms with Crippen LogP contribution in [0.4, 0.5) is 5.82 Å².